The molecule has 0 fully saturated rings. The summed E-state index contributed by atoms with van der Waals surface area (Å²) in [5.41, 5.74) is 2.78. The summed E-state index contributed by atoms with van der Waals surface area (Å²) in [7, 11) is 0. The lowest BCUT2D eigenvalue weighted by molar-refractivity contribution is 0.0951. The van der Waals surface area contributed by atoms with Gasteiger partial charge in [0.15, 0.2) is 0 Å². The number of aryl methyl sites for hydroxylation is 1. The van der Waals surface area contributed by atoms with Gasteiger partial charge >= 0.3 is 0 Å². The lowest BCUT2D eigenvalue weighted by Gasteiger charge is -2.12. The quantitative estimate of drug-likeness (QED) is 0.514. The normalized spacial score (nSPS) is 10.8. The molecule has 27 heavy (non-hydrogen) atoms. The van der Waals surface area contributed by atoms with Crippen LogP contribution in [0.5, 0.6) is 0 Å². The first kappa shape index (κ1) is 19.3. The lowest BCUT2D eigenvalue weighted by Crippen LogP contribution is -2.23. The monoisotopic (exact) mass is 405 g/mol. The minimum Gasteiger partial charge on any atom is -0.355 e. The van der Waals surface area contributed by atoms with Crippen LogP contribution in [-0.2, 0) is 6.54 Å². The van der Waals surface area contributed by atoms with Gasteiger partial charge in [-0.2, -0.15) is 8.78 Å². The maximum atomic E-state index is 12.6. The first-order chi connectivity index (χ1) is 13.0. The average Bonchev–Trinajstić information content (AvgIpc) is 3.07. The van der Waals surface area contributed by atoms with Crippen LogP contribution in [0.1, 0.15) is 21.1 Å². The van der Waals surface area contributed by atoms with Gasteiger partial charge in [-0.25, -0.2) is 4.98 Å². The van der Waals surface area contributed by atoms with Crippen molar-refractivity contribution in [3.05, 3.63) is 70.2 Å². The first-order valence-electron chi connectivity index (χ1n) is 8.11. The smallest absolute Gasteiger partial charge is 0.288 e. The molecule has 8 heteroatoms. The summed E-state index contributed by atoms with van der Waals surface area (Å²) in [6.07, 6.45) is 0. The second kappa shape index (κ2) is 8.96. The Balaban J connectivity index is 1.68. The van der Waals surface area contributed by atoms with Crippen molar-refractivity contribution in [3.63, 3.8) is 0 Å². The Bertz CT molecular complexity index is 913. The molecule has 2 N–H and O–H groups in total. The predicted octanol–water partition coefficient (Wildman–Crippen LogP) is 5.44. The average molecular weight is 405 g/mol. The van der Waals surface area contributed by atoms with Crippen molar-refractivity contribution in [2.75, 3.05) is 5.32 Å². The Labute approximate surface area is 164 Å². The maximum Gasteiger partial charge on any atom is 0.288 e. The number of thiazole rings is 1. The number of carbonyl (C=O) groups excluding carboxylic acids is 1. The summed E-state index contributed by atoms with van der Waals surface area (Å²) in [5.74, 6) is -2.66. The molecule has 0 radical (unpaired) electrons. The molecule has 0 spiro atoms. The zero-order valence-corrected chi connectivity index (χ0v) is 16.0. The standard InChI is InChI=1S/C19H17F2N3OS2/c1-12-11-26-17(23-12)10-22-18(25)15-4-2-3-5-16(15)24-13-6-8-14(9-7-13)27-19(20)21/h2-9,11,19,24H,10H2,1H3,(H,22,25). The molecule has 1 heterocycles. The molecule has 140 valence electrons. The molecule has 4 nitrogen and oxygen atoms in total. The number of halogens is 2. The zero-order valence-electron chi connectivity index (χ0n) is 14.4. The van der Waals surface area contributed by atoms with E-state index in [4.69, 9.17) is 0 Å². The van der Waals surface area contributed by atoms with Gasteiger partial charge in [0.25, 0.3) is 11.7 Å². The molecular formula is C19H17F2N3OS2. The number of alkyl halides is 2. The van der Waals surface area contributed by atoms with Crippen LogP contribution in [0.2, 0.25) is 0 Å². The number of hydrogen-bond donors (Lipinski definition) is 2. The molecule has 3 aromatic rings. The van der Waals surface area contributed by atoms with Crippen LogP contribution in [0.3, 0.4) is 0 Å². The molecule has 1 aromatic heterocycles. The van der Waals surface area contributed by atoms with Crippen LogP contribution < -0.4 is 10.6 Å². The van der Waals surface area contributed by atoms with E-state index < -0.39 is 5.76 Å². The van der Waals surface area contributed by atoms with E-state index in [2.05, 4.69) is 15.6 Å². The van der Waals surface area contributed by atoms with E-state index in [-0.39, 0.29) is 5.91 Å². The Kier molecular flexibility index (Phi) is 6.41. The van der Waals surface area contributed by atoms with Crippen LogP contribution in [-0.4, -0.2) is 16.6 Å². The highest BCUT2D eigenvalue weighted by Gasteiger charge is 2.12. The fourth-order valence-corrected chi connectivity index (χ4v) is 3.61. The van der Waals surface area contributed by atoms with Crippen molar-refractivity contribution in [2.24, 2.45) is 0 Å². The van der Waals surface area contributed by atoms with Gasteiger partial charge in [0, 0.05) is 21.7 Å². The molecule has 2 aromatic carbocycles. The van der Waals surface area contributed by atoms with E-state index >= 15 is 0 Å². The van der Waals surface area contributed by atoms with Crippen molar-refractivity contribution in [2.45, 2.75) is 24.1 Å². The van der Waals surface area contributed by atoms with Crippen LogP contribution in [0.4, 0.5) is 20.2 Å². The molecule has 0 bridgehead atoms. The lowest BCUT2D eigenvalue weighted by atomic mass is 10.1. The number of nitrogens with zero attached hydrogens (tertiary/aromatic N) is 1. The molecule has 0 unspecified atom stereocenters. The van der Waals surface area contributed by atoms with E-state index in [1.165, 1.54) is 11.3 Å². The molecule has 0 saturated heterocycles. The van der Waals surface area contributed by atoms with Gasteiger partial charge in [-0.3, -0.25) is 4.79 Å². The number of hydrogen-bond acceptors (Lipinski definition) is 5. The van der Waals surface area contributed by atoms with E-state index in [1.807, 2.05) is 18.4 Å². The SMILES string of the molecule is Cc1csc(CNC(=O)c2ccccc2Nc2ccc(SC(F)F)cc2)n1. The molecule has 0 aliphatic carbocycles. The van der Waals surface area contributed by atoms with Crippen LogP contribution in [0.15, 0.2) is 58.8 Å². The molecule has 0 aliphatic heterocycles. The van der Waals surface area contributed by atoms with Crippen LogP contribution >= 0.6 is 23.1 Å². The molecule has 3 rings (SSSR count). The molecular weight excluding hydrogens is 388 g/mol. The number of anilines is 2. The van der Waals surface area contributed by atoms with E-state index in [9.17, 15) is 13.6 Å². The molecule has 0 atom stereocenters. The fraction of sp³-hybridized carbons (Fsp3) is 0.158. The molecule has 1 amide bonds. The highest BCUT2D eigenvalue weighted by Crippen LogP contribution is 2.28. The van der Waals surface area contributed by atoms with Gasteiger partial charge in [-0.1, -0.05) is 23.9 Å². The van der Waals surface area contributed by atoms with Gasteiger partial charge in [-0.15, -0.1) is 11.3 Å². The predicted molar refractivity (Wildman–Crippen MR) is 106 cm³/mol. The number of carbonyl (C=O) groups is 1. The maximum absolute atomic E-state index is 12.6. The number of rotatable bonds is 7. The van der Waals surface area contributed by atoms with Gasteiger partial charge in [0.05, 0.1) is 17.8 Å². The van der Waals surface area contributed by atoms with Crippen LogP contribution in [0, 0.1) is 6.92 Å². The largest absolute Gasteiger partial charge is 0.355 e. The Morgan fingerprint density at radius 2 is 1.93 bits per heavy atom. The number of amides is 1. The first-order valence-corrected chi connectivity index (χ1v) is 9.87. The summed E-state index contributed by atoms with van der Waals surface area (Å²) >= 11 is 2.00. The number of thioether (sulfide) groups is 1. The summed E-state index contributed by atoms with van der Waals surface area (Å²) in [5, 5.41) is 8.82. The Morgan fingerprint density at radius 3 is 2.59 bits per heavy atom. The van der Waals surface area contributed by atoms with E-state index in [0.717, 1.165) is 10.7 Å². The highest BCUT2D eigenvalue weighted by molar-refractivity contribution is 7.99. The topological polar surface area (TPSA) is 54.0 Å². The Morgan fingerprint density at radius 1 is 1.19 bits per heavy atom. The minimum absolute atomic E-state index is 0.212. The van der Waals surface area contributed by atoms with E-state index in [0.29, 0.717) is 40.1 Å². The van der Waals surface area contributed by atoms with E-state index in [1.54, 1.807) is 42.5 Å². The van der Waals surface area contributed by atoms with Crippen molar-refractivity contribution < 1.29 is 13.6 Å². The highest BCUT2D eigenvalue weighted by atomic mass is 32.2. The third-order valence-electron chi connectivity index (χ3n) is 3.60. The van der Waals surface area contributed by atoms with Crippen molar-refractivity contribution in [1.29, 1.82) is 0 Å². The van der Waals surface area contributed by atoms with Crippen molar-refractivity contribution >= 4 is 40.4 Å². The summed E-state index contributed by atoms with van der Waals surface area (Å²) in [6, 6.07) is 13.8. The van der Waals surface area contributed by atoms with Crippen molar-refractivity contribution in [3.8, 4) is 0 Å². The van der Waals surface area contributed by atoms with Gasteiger partial charge < -0.3 is 10.6 Å². The zero-order chi connectivity index (χ0) is 19.2. The molecule has 0 saturated carbocycles. The summed E-state index contributed by atoms with van der Waals surface area (Å²) < 4.78 is 24.8. The van der Waals surface area contributed by atoms with Gasteiger partial charge in [-0.05, 0) is 43.3 Å². The number of aromatic nitrogens is 1. The number of para-hydroxylation sites is 1. The van der Waals surface area contributed by atoms with Crippen molar-refractivity contribution in [1.82, 2.24) is 10.3 Å². The summed E-state index contributed by atoms with van der Waals surface area (Å²) in [6.45, 7) is 2.28. The second-order valence-electron chi connectivity index (χ2n) is 5.64. The Hall–Kier alpha value is -2.45. The number of nitrogens with one attached hydrogen (secondary N) is 2. The third-order valence-corrected chi connectivity index (χ3v) is 5.29. The van der Waals surface area contributed by atoms with Crippen LogP contribution in [0.25, 0.3) is 0 Å². The molecule has 0 aliphatic rings. The second-order valence-corrected chi connectivity index (χ2v) is 7.64. The minimum atomic E-state index is -2.45. The van der Waals surface area contributed by atoms with Gasteiger partial charge in [0.1, 0.15) is 5.01 Å². The van der Waals surface area contributed by atoms with Gasteiger partial charge in [0.2, 0.25) is 0 Å². The fourth-order valence-electron chi connectivity index (χ4n) is 2.40. The third kappa shape index (κ3) is 5.51. The number of benzene rings is 2. The summed E-state index contributed by atoms with van der Waals surface area (Å²) in [4.78, 5) is 17.4.